The second-order valence-corrected chi connectivity index (χ2v) is 16.8. The van der Waals surface area contributed by atoms with Gasteiger partial charge in [-0.25, -0.2) is 0 Å². The molecule has 0 radical (unpaired) electrons. The first-order valence-electron chi connectivity index (χ1n) is 15.4. The van der Waals surface area contributed by atoms with Gasteiger partial charge in [0.1, 0.15) is 0 Å². The predicted molar refractivity (Wildman–Crippen MR) is 177 cm³/mol. The monoisotopic (exact) mass is 661 g/mol. The van der Waals surface area contributed by atoms with Gasteiger partial charge in [-0.05, 0) is 67.5 Å². The number of aromatic nitrogens is 3. The van der Waals surface area contributed by atoms with Crippen LogP contribution < -0.4 is 10.2 Å². The number of rotatable bonds is 10. The predicted octanol–water partition coefficient (Wildman–Crippen LogP) is 6.13. The Morgan fingerprint density at radius 1 is 1.13 bits per heavy atom. The van der Waals surface area contributed by atoms with Crippen molar-refractivity contribution in [3.8, 4) is 0 Å². The van der Waals surface area contributed by atoms with E-state index in [2.05, 4.69) is 15.6 Å². The molecule has 0 aliphatic carbocycles. The molecule has 0 unspecified atom stereocenters. The molecule has 6 rings (SSSR count). The first-order chi connectivity index (χ1) is 22.0. The van der Waals surface area contributed by atoms with Gasteiger partial charge in [0.05, 0.1) is 24.0 Å². The molecule has 2 amide bonds. The summed E-state index contributed by atoms with van der Waals surface area (Å²) in [4.78, 5) is 28.9. The first-order valence-corrected chi connectivity index (χ1v) is 18.8. The van der Waals surface area contributed by atoms with Crippen molar-refractivity contribution < 1.29 is 23.5 Å². The van der Waals surface area contributed by atoms with Crippen molar-refractivity contribution in [3.05, 3.63) is 106 Å². The zero-order chi connectivity index (χ0) is 32.6. The standard InChI is InChI=1S/C34H37ClFN5O4Si/c1-22-31(46(2,3)36)30(15-17-40-21-27(16-18-42)38-39-40)45-34(22)28-19-25(35)11-14-29(28)41(33(34)44)20-23-9-12-26(13-10-23)37-32(43)24-7-5-4-6-8-24/h4-14,19,21-22,30-31,42H,15-18,20H2,1-3H3,(H,37,43)/t22-,30+,31-,34+/m0/s1. The zero-order valence-corrected chi connectivity index (χ0v) is 27.7. The molecule has 12 heteroatoms. The normalized spacial score (nSPS) is 22.4. The van der Waals surface area contributed by atoms with Gasteiger partial charge in [0.25, 0.3) is 11.8 Å². The van der Waals surface area contributed by atoms with Gasteiger partial charge in [0.2, 0.25) is 8.41 Å². The van der Waals surface area contributed by atoms with Crippen LogP contribution in [-0.4, -0.2) is 53.0 Å². The van der Waals surface area contributed by atoms with E-state index in [9.17, 15) is 14.7 Å². The number of hydrogen-bond donors (Lipinski definition) is 2. The van der Waals surface area contributed by atoms with E-state index in [1.54, 1.807) is 53.1 Å². The Labute approximate surface area is 273 Å². The van der Waals surface area contributed by atoms with Gasteiger partial charge < -0.3 is 24.2 Å². The highest BCUT2D eigenvalue weighted by molar-refractivity contribution is 6.72. The molecule has 2 aliphatic rings. The quantitative estimate of drug-likeness (QED) is 0.156. The minimum atomic E-state index is -3.34. The fourth-order valence-corrected chi connectivity index (χ4v) is 9.77. The smallest absolute Gasteiger partial charge is 0.264 e. The van der Waals surface area contributed by atoms with E-state index in [0.717, 1.165) is 5.56 Å². The maximum absolute atomic E-state index is 16.1. The molecule has 3 heterocycles. The van der Waals surface area contributed by atoms with Crippen LogP contribution in [0.4, 0.5) is 15.5 Å². The Morgan fingerprint density at radius 2 is 1.87 bits per heavy atom. The molecule has 1 aromatic heterocycles. The summed E-state index contributed by atoms with van der Waals surface area (Å²) >= 11 is 6.50. The van der Waals surface area contributed by atoms with Crippen LogP contribution in [0.5, 0.6) is 0 Å². The van der Waals surface area contributed by atoms with Crippen molar-refractivity contribution in [1.82, 2.24) is 15.0 Å². The molecule has 240 valence electrons. The Bertz CT molecular complexity index is 1730. The lowest BCUT2D eigenvalue weighted by atomic mass is 9.82. The molecule has 1 saturated heterocycles. The number of halogens is 2. The number of aliphatic hydroxyl groups excluding tert-OH is 1. The van der Waals surface area contributed by atoms with E-state index >= 15 is 4.11 Å². The van der Waals surface area contributed by atoms with Crippen molar-refractivity contribution in [1.29, 1.82) is 0 Å². The van der Waals surface area contributed by atoms with E-state index in [1.807, 2.05) is 55.5 Å². The molecule has 1 fully saturated rings. The number of aliphatic hydroxyl groups is 1. The third-order valence-electron chi connectivity index (χ3n) is 9.11. The number of carbonyl (C=O) groups is 2. The second kappa shape index (κ2) is 12.7. The Balaban J connectivity index is 1.26. The van der Waals surface area contributed by atoms with Gasteiger partial charge in [0, 0.05) is 59.1 Å². The summed E-state index contributed by atoms with van der Waals surface area (Å²) in [6.07, 6.45) is 2.08. The maximum atomic E-state index is 16.1. The van der Waals surface area contributed by atoms with Crippen LogP contribution >= 0.6 is 11.6 Å². The van der Waals surface area contributed by atoms with E-state index in [-0.39, 0.29) is 25.0 Å². The lowest BCUT2D eigenvalue weighted by Gasteiger charge is -2.31. The van der Waals surface area contributed by atoms with Gasteiger partial charge in [-0.1, -0.05) is 54.1 Å². The van der Waals surface area contributed by atoms with Crippen LogP contribution in [0.25, 0.3) is 0 Å². The average molecular weight is 662 g/mol. The summed E-state index contributed by atoms with van der Waals surface area (Å²) < 4.78 is 24.6. The average Bonchev–Trinajstić information content (AvgIpc) is 3.67. The van der Waals surface area contributed by atoms with Crippen LogP contribution in [0.15, 0.2) is 79.0 Å². The van der Waals surface area contributed by atoms with Crippen molar-refractivity contribution in [2.24, 2.45) is 5.92 Å². The molecule has 9 nitrogen and oxygen atoms in total. The molecule has 2 aliphatic heterocycles. The van der Waals surface area contributed by atoms with Crippen molar-refractivity contribution in [2.45, 2.75) is 63.2 Å². The van der Waals surface area contributed by atoms with Gasteiger partial charge >= 0.3 is 0 Å². The molecular weight excluding hydrogens is 625 g/mol. The van der Waals surface area contributed by atoms with E-state index in [1.165, 1.54) is 0 Å². The van der Waals surface area contributed by atoms with Gasteiger partial charge in [0.15, 0.2) is 5.60 Å². The number of nitrogens with one attached hydrogen (secondary N) is 1. The third-order valence-corrected chi connectivity index (χ3v) is 11.8. The number of carbonyl (C=O) groups excluding carboxylic acids is 2. The van der Waals surface area contributed by atoms with E-state index in [4.69, 9.17) is 16.3 Å². The molecule has 4 atom stereocenters. The van der Waals surface area contributed by atoms with Crippen molar-refractivity contribution >= 4 is 43.2 Å². The Hall–Kier alpha value is -3.90. The molecule has 0 bridgehead atoms. The molecule has 3 aromatic carbocycles. The zero-order valence-electron chi connectivity index (χ0n) is 26.0. The highest BCUT2D eigenvalue weighted by Gasteiger charge is 2.66. The van der Waals surface area contributed by atoms with Crippen LogP contribution in [0.2, 0.25) is 23.7 Å². The van der Waals surface area contributed by atoms with Crippen LogP contribution in [-0.2, 0) is 34.6 Å². The molecule has 0 saturated carbocycles. The largest absolute Gasteiger partial charge is 0.396 e. The fraction of sp³-hybridized carbons (Fsp3) is 0.353. The van der Waals surface area contributed by atoms with Crippen molar-refractivity contribution in [2.75, 3.05) is 16.8 Å². The molecule has 4 aromatic rings. The number of fused-ring (bicyclic) bond motifs is 2. The number of nitrogens with zero attached hydrogens (tertiary/aromatic N) is 4. The van der Waals surface area contributed by atoms with E-state index < -0.39 is 31.6 Å². The van der Waals surface area contributed by atoms with E-state index in [0.29, 0.717) is 52.6 Å². The second-order valence-electron chi connectivity index (χ2n) is 12.6. The summed E-state index contributed by atoms with van der Waals surface area (Å²) in [6.45, 7) is 5.93. The summed E-state index contributed by atoms with van der Waals surface area (Å²) in [7, 11) is -3.34. The highest BCUT2D eigenvalue weighted by atomic mass is 35.5. The minimum absolute atomic E-state index is 0.0241. The molecule has 2 N–H and O–H groups in total. The van der Waals surface area contributed by atoms with Crippen LogP contribution in [0.1, 0.15) is 40.5 Å². The Morgan fingerprint density at radius 3 is 2.57 bits per heavy atom. The maximum Gasteiger partial charge on any atom is 0.264 e. The number of aryl methyl sites for hydroxylation is 1. The lowest BCUT2D eigenvalue weighted by molar-refractivity contribution is -0.146. The van der Waals surface area contributed by atoms with Gasteiger partial charge in [-0.3, -0.25) is 14.3 Å². The summed E-state index contributed by atoms with van der Waals surface area (Å²) in [5.74, 6) is -0.897. The summed E-state index contributed by atoms with van der Waals surface area (Å²) in [5.41, 5.74) is 2.21. The fourth-order valence-electron chi connectivity index (χ4n) is 7.05. The SMILES string of the molecule is C[C@H]1[C@H]([Si](C)(C)F)[C@@H](CCn2cc(CCO)nn2)O[C@]12C(=O)N(Cc1ccc(NC(=O)c3ccccc3)cc1)c1ccc(Cl)cc12. The van der Waals surface area contributed by atoms with Gasteiger partial charge in [-0.2, -0.15) is 0 Å². The van der Waals surface area contributed by atoms with Crippen molar-refractivity contribution in [3.63, 3.8) is 0 Å². The number of ether oxygens (including phenoxy) is 1. The number of hydrogen-bond acceptors (Lipinski definition) is 6. The van der Waals surface area contributed by atoms with Crippen LogP contribution in [0, 0.1) is 5.92 Å². The minimum Gasteiger partial charge on any atom is -0.396 e. The summed E-state index contributed by atoms with van der Waals surface area (Å²) in [6, 6.07) is 21.7. The van der Waals surface area contributed by atoms with Gasteiger partial charge in [-0.15, -0.1) is 5.10 Å². The van der Waals surface area contributed by atoms with Crippen LogP contribution in [0.3, 0.4) is 0 Å². The number of anilines is 2. The first kappa shape index (κ1) is 32.1. The number of amides is 2. The number of benzene rings is 3. The Kier molecular flexibility index (Phi) is 8.86. The lowest BCUT2D eigenvalue weighted by Crippen LogP contribution is -2.45. The molecular formula is C34H37ClFN5O4Si. The molecule has 1 spiro atoms. The topological polar surface area (TPSA) is 110 Å². The highest BCUT2D eigenvalue weighted by Crippen LogP contribution is 2.60. The summed E-state index contributed by atoms with van der Waals surface area (Å²) in [5, 5.41) is 20.8. The molecule has 46 heavy (non-hydrogen) atoms. The third kappa shape index (κ3) is 6.00.